The van der Waals surface area contributed by atoms with Gasteiger partial charge in [0.15, 0.2) is 0 Å². The van der Waals surface area contributed by atoms with Crippen LogP contribution in [-0.2, 0) is 16.4 Å². The summed E-state index contributed by atoms with van der Waals surface area (Å²) in [5.74, 6) is 0. The molecule has 1 N–H and O–H groups in total. The molecule has 3 heterocycles. The Kier molecular flexibility index (Phi) is 4.66. The average molecular weight is 420 g/mol. The lowest BCUT2D eigenvalue weighted by Gasteiger charge is -2.14. The first-order chi connectivity index (χ1) is 14.2. The van der Waals surface area contributed by atoms with Gasteiger partial charge in [0.2, 0.25) is 9.84 Å². The van der Waals surface area contributed by atoms with Crippen LogP contribution in [0.5, 0.6) is 0 Å². The average Bonchev–Trinajstić information content (AvgIpc) is 2.71. The van der Waals surface area contributed by atoms with Gasteiger partial charge in [0.05, 0.1) is 10.3 Å². The van der Waals surface area contributed by atoms with Crippen molar-refractivity contribution in [2.75, 3.05) is 0 Å². The summed E-state index contributed by atoms with van der Waals surface area (Å²) in [6, 6.07) is 11.2. The number of aromatic nitrogens is 3. The molecule has 7 nitrogen and oxygen atoms in total. The molecule has 30 heavy (non-hydrogen) atoms. The van der Waals surface area contributed by atoms with Gasteiger partial charge in [-0.1, -0.05) is 29.8 Å². The Bertz CT molecular complexity index is 1550. The fraction of sp³-hybridized carbons (Fsp3) is 0.136. The molecular formula is C22H20N4O3S. The van der Waals surface area contributed by atoms with Crippen LogP contribution < -0.4 is 11.0 Å². The third-order valence-corrected chi connectivity index (χ3v) is 6.74. The second-order valence-electron chi connectivity index (χ2n) is 7.16. The number of rotatable bonds is 4. The molecule has 152 valence electrons. The first kappa shape index (κ1) is 19.8. The summed E-state index contributed by atoms with van der Waals surface area (Å²) >= 11 is 0. The molecule has 0 saturated heterocycles. The number of aryl methyl sites for hydroxylation is 2. The maximum absolute atomic E-state index is 13.3. The van der Waals surface area contributed by atoms with E-state index in [-0.39, 0.29) is 32.9 Å². The van der Waals surface area contributed by atoms with Crippen LogP contribution in [-0.4, -0.2) is 22.4 Å². The SMILES string of the molecule is C=CCn1c(=N)c(S(=O)(=O)c2ccc(C)cc2)cc2c(=O)n3cc(C)ccc3nc21. The third kappa shape index (κ3) is 3.05. The number of sulfone groups is 1. The van der Waals surface area contributed by atoms with Crippen molar-refractivity contribution in [3.63, 3.8) is 0 Å². The summed E-state index contributed by atoms with van der Waals surface area (Å²) < 4.78 is 29.4. The number of hydrogen-bond donors (Lipinski definition) is 1. The Balaban J connectivity index is 2.15. The maximum atomic E-state index is 13.3. The van der Waals surface area contributed by atoms with Gasteiger partial charge < -0.3 is 4.57 Å². The summed E-state index contributed by atoms with van der Waals surface area (Å²) in [5, 5.41) is 8.71. The summed E-state index contributed by atoms with van der Waals surface area (Å²) in [6.07, 6.45) is 3.20. The highest BCUT2D eigenvalue weighted by Gasteiger charge is 2.23. The molecule has 0 aliphatic carbocycles. The molecule has 8 heteroatoms. The summed E-state index contributed by atoms with van der Waals surface area (Å²) in [4.78, 5) is 17.5. The predicted molar refractivity (Wildman–Crippen MR) is 114 cm³/mol. The second kappa shape index (κ2) is 7.07. The molecule has 0 radical (unpaired) electrons. The number of nitrogens with one attached hydrogen (secondary N) is 1. The van der Waals surface area contributed by atoms with Crippen LogP contribution in [0.2, 0.25) is 0 Å². The van der Waals surface area contributed by atoms with Crippen LogP contribution >= 0.6 is 0 Å². The molecule has 0 aliphatic rings. The van der Waals surface area contributed by atoms with Gasteiger partial charge in [0, 0.05) is 12.7 Å². The zero-order valence-electron chi connectivity index (χ0n) is 16.6. The summed E-state index contributed by atoms with van der Waals surface area (Å²) in [5.41, 5.74) is 1.82. The smallest absolute Gasteiger partial charge is 0.267 e. The molecule has 4 aromatic rings. The molecule has 0 saturated carbocycles. The normalized spacial score (nSPS) is 11.8. The number of benzene rings is 1. The molecule has 0 unspecified atom stereocenters. The predicted octanol–water partition coefficient (Wildman–Crippen LogP) is 2.76. The van der Waals surface area contributed by atoms with Crippen molar-refractivity contribution in [3.05, 3.63) is 88.3 Å². The van der Waals surface area contributed by atoms with Crippen molar-refractivity contribution in [1.82, 2.24) is 14.0 Å². The highest BCUT2D eigenvalue weighted by molar-refractivity contribution is 7.91. The van der Waals surface area contributed by atoms with Gasteiger partial charge in [-0.25, -0.2) is 13.4 Å². The second-order valence-corrected chi connectivity index (χ2v) is 9.08. The minimum atomic E-state index is -4.02. The Morgan fingerprint density at radius 2 is 1.77 bits per heavy atom. The molecule has 0 amide bonds. The van der Waals surface area contributed by atoms with E-state index >= 15 is 0 Å². The van der Waals surface area contributed by atoms with Crippen LogP contribution in [0.3, 0.4) is 0 Å². The van der Waals surface area contributed by atoms with Crippen molar-refractivity contribution in [1.29, 1.82) is 5.41 Å². The van der Waals surface area contributed by atoms with Crippen LogP contribution in [0, 0.1) is 19.3 Å². The molecule has 0 spiro atoms. The fourth-order valence-electron chi connectivity index (χ4n) is 3.37. The zero-order chi connectivity index (χ0) is 21.6. The van der Waals surface area contributed by atoms with E-state index in [1.165, 1.54) is 27.2 Å². The van der Waals surface area contributed by atoms with E-state index in [0.717, 1.165) is 11.1 Å². The van der Waals surface area contributed by atoms with E-state index in [1.807, 2.05) is 19.9 Å². The number of hydrogen-bond acceptors (Lipinski definition) is 5. The molecular weight excluding hydrogens is 400 g/mol. The standard InChI is InChI=1S/C22H20N4O3S/c1-4-11-25-20(23)18(30(28,29)16-8-5-14(2)6-9-16)12-17-21(25)24-19-10-7-15(3)13-26(19)22(17)27/h4-10,12-13,23H,1,11H2,2-3H3. The van der Waals surface area contributed by atoms with Crippen molar-refractivity contribution >= 4 is 26.5 Å². The van der Waals surface area contributed by atoms with Crippen molar-refractivity contribution in [3.8, 4) is 0 Å². The molecule has 4 rings (SSSR count). The maximum Gasteiger partial charge on any atom is 0.267 e. The van der Waals surface area contributed by atoms with E-state index in [9.17, 15) is 13.2 Å². The largest absolute Gasteiger partial charge is 0.306 e. The topological polar surface area (TPSA) is 97.3 Å². The number of nitrogens with zero attached hydrogens (tertiary/aromatic N) is 3. The molecule has 1 aromatic carbocycles. The van der Waals surface area contributed by atoms with Gasteiger partial charge in [0.1, 0.15) is 21.7 Å². The Morgan fingerprint density at radius 3 is 2.43 bits per heavy atom. The lowest BCUT2D eigenvalue weighted by atomic mass is 10.2. The van der Waals surface area contributed by atoms with E-state index in [1.54, 1.807) is 30.5 Å². The monoisotopic (exact) mass is 420 g/mol. The van der Waals surface area contributed by atoms with Crippen molar-refractivity contribution in [2.24, 2.45) is 0 Å². The Labute approximate surface area is 173 Å². The Morgan fingerprint density at radius 1 is 1.10 bits per heavy atom. The Hall–Kier alpha value is -3.52. The van der Waals surface area contributed by atoms with Crippen molar-refractivity contribution in [2.45, 2.75) is 30.2 Å². The van der Waals surface area contributed by atoms with Gasteiger partial charge in [-0.15, -0.1) is 6.58 Å². The van der Waals surface area contributed by atoms with Gasteiger partial charge >= 0.3 is 0 Å². The molecule has 3 aromatic heterocycles. The quantitative estimate of drug-likeness (QED) is 0.405. The molecule has 0 atom stereocenters. The number of pyridine rings is 2. The minimum absolute atomic E-state index is 0.0656. The van der Waals surface area contributed by atoms with Crippen LogP contribution in [0.25, 0.3) is 16.7 Å². The third-order valence-electron chi connectivity index (χ3n) is 4.95. The highest BCUT2D eigenvalue weighted by atomic mass is 32.2. The van der Waals surface area contributed by atoms with Gasteiger partial charge in [0.25, 0.3) is 5.56 Å². The first-order valence-corrected chi connectivity index (χ1v) is 10.8. The highest BCUT2D eigenvalue weighted by Crippen LogP contribution is 2.21. The van der Waals surface area contributed by atoms with Crippen LogP contribution in [0.15, 0.2) is 75.9 Å². The minimum Gasteiger partial charge on any atom is -0.306 e. The van der Waals surface area contributed by atoms with E-state index in [0.29, 0.717) is 5.65 Å². The van der Waals surface area contributed by atoms with Gasteiger partial charge in [-0.05, 0) is 43.7 Å². The zero-order valence-corrected chi connectivity index (χ0v) is 17.4. The van der Waals surface area contributed by atoms with Crippen LogP contribution in [0.1, 0.15) is 11.1 Å². The van der Waals surface area contributed by atoms with E-state index < -0.39 is 15.4 Å². The molecule has 0 aliphatic heterocycles. The molecule has 0 fully saturated rings. The van der Waals surface area contributed by atoms with Crippen molar-refractivity contribution < 1.29 is 8.42 Å². The van der Waals surface area contributed by atoms with E-state index in [2.05, 4.69) is 11.6 Å². The number of allylic oxidation sites excluding steroid dienone is 1. The first-order valence-electron chi connectivity index (χ1n) is 9.28. The summed E-state index contributed by atoms with van der Waals surface area (Å²) in [7, 11) is -4.02. The van der Waals surface area contributed by atoms with Crippen LogP contribution in [0.4, 0.5) is 0 Å². The number of fused-ring (bicyclic) bond motifs is 2. The fourth-order valence-corrected chi connectivity index (χ4v) is 4.76. The lowest BCUT2D eigenvalue weighted by Crippen LogP contribution is -2.29. The molecule has 0 bridgehead atoms. The van der Waals surface area contributed by atoms with E-state index in [4.69, 9.17) is 5.41 Å². The summed E-state index contributed by atoms with van der Waals surface area (Å²) in [6.45, 7) is 7.55. The lowest BCUT2D eigenvalue weighted by molar-refractivity contribution is 0.591. The van der Waals surface area contributed by atoms with Gasteiger partial charge in [-0.3, -0.25) is 14.6 Å². The van der Waals surface area contributed by atoms with Gasteiger partial charge in [-0.2, -0.15) is 0 Å².